The molecule has 1 aromatic carbocycles. The summed E-state index contributed by atoms with van der Waals surface area (Å²) in [5.74, 6) is -0.492. The van der Waals surface area contributed by atoms with E-state index in [9.17, 15) is 18.3 Å². The zero-order chi connectivity index (χ0) is 15.5. The molecule has 0 saturated carbocycles. The molecule has 0 atom stereocenters. The Morgan fingerprint density at radius 2 is 2.10 bits per heavy atom. The highest BCUT2D eigenvalue weighted by Crippen LogP contribution is 2.37. The van der Waals surface area contributed by atoms with Gasteiger partial charge >= 0.3 is 6.18 Å². The van der Waals surface area contributed by atoms with Gasteiger partial charge in [0.2, 0.25) is 11.7 Å². The van der Waals surface area contributed by atoms with Crippen LogP contribution in [0.4, 0.5) is 13.2 Å². The van der Waals surface area contributed by atoms with E-state index >= 15 is 0 Å². The number of nitrogens with one attached hydrogen (secondary N) is 1. The molecular weight excluding hydrogens is 287 g/mol. The minimum atomic E-state index is -4.64. The third-order valence-corrected chi connectivity index (χ3v) is 2.73. The lowest BCUT2D eigenvalue weighted by Gasteiger charge is -2.09. The molecule has 0 aliphatic heterocycles. The second-order valence-corrected chi connectivity index (χ2v) is 4.42. The molecule has 21 heavy (non-hydrogen) atoms. The van der Waals surface area contributed by atoms with Crippen LogP contribution < -0.4 is 5.32 Å². The first-order valence-corrected chi connectivity index (χ1v) is 6.35. The molecule has 0 bridgehead atoms. The van der Waals surface area contributed by atoms with Gasteiger partial charge < -0.3 is 14.9 Å². The predicted molar refractivity (Wildman–Crippen MR) is 68.4 cm³/mol. The maximum atomic E-state index is 12.7. The standard InChI is InChI=1S/C13H14F3N3O2/c1-2-5-17-7-11-18-12(19-21-11)8-3-4-10(20)9(6-8)13(14,15)16/h3-4,6,17,20H,2,5,7H2,1H3. The number of phenols is 1. The lowest BCUT2D eigenvalue weighted by atomic mass is 10.1. The molecule has 114 valence electrons. The number of aromatic hydroxyl groups is 1. The van der Waals surface area contributed by atoms with E-state index in [2.05, 4.69) is 15.5 Å². The van der Waals surface area contributed by atoms with Crippen LogP contribution in [0.1, 0.15) is 24.8 Å². The molecule has 0 aliphatic carbocycles. The fraction of sp³-hybridized carbons (Fsp3) is 0.385. The van der Waals surface area contributed by atoms with Gasteiger partial charge in [-0.3, -0.25) is 0 Å². The van der Waals surface area contributed by atoms with Crippen molar-refractivity contribution in [2.24, 2.45) is 0 Å². The van der Waals surface area contributed by atoms with Gasteiger partial charge in [-0.1, -0.05) is 12.1 Å². The van der Waals surface area contributed by atoms with E-state index in [-0.39, 0.29) is 11.4 Å². The van der Waals surface area contributed by atoms with Crippen LogP contribution in [0.25, 0.3) is 11.4 Å². The Balaban J connectivity index is 2.22. The van der Waals surface area contributed by atoms with Crippen LogP contribution in [-0.2, 0) is 12.7 Å². The Kier molecular flexibility index (Phi) is 4.46. The van der Waals surface area contributed by atoms with Gasteiger partial charge in [-0.25, -0.2) is 0 Å². The van der Waals surface area contributed by atoms with Gasteiger partial charge in [-0.05, 0) is 31.2 Å². The Morgan fingerprint density at radius 1 is 1.33 bits per heavy atom. The minimum absolute atomic E-state index is 0.0498. The first kappa shape index (κ1) is 15.3. The molecule has 0 spiro atoms. The van der Waals surface area contributed by atoms with Crippen LogP contribution >= 0.6 is 0 Å². The molecule has 0 amide bonds. The lowest BCUT2D eigenvalue weighted by molar-refractivity contribution is -0.138. The van der Waals surface area contributed by atoms with E-state index in [1.165, 1.54) is 6.07 Å². The highest BCUT2D eigenvalue weighted by Gasteiger charge is 2.34. The summed E-state index contributed by atoms with van der Waals surface area (Å²) in [7, 11) is 0. The molecule has 1 heterocycles. The summed E-state index contributed by atoms with van der Waals surface area (Å²) in [4.78, 5) is 4.02. The monoisotopic (exact) mass is 301 g/mol. The van der Waals surface area contributed by atoms with Gasteiger partial charge in [0.25, 0.3) is 0 Å². The van der Waals surface area contributed by atoms with Crippen molar-refractivity contribution in [1.82, 2.24) is 15.5 Å². The fourth-order valence-electron chi connectivity index (χ4n) is 1.72. The van der Waals surface area contributed by atoms with Gasteiger partial charge in [0.05, 0.1) is 12.1 Å². The maximum Gasteiger partial charge on any atom is 0.419 e. The summed E-state index contributed by atoms with van der Waals surface area (Å²) < 4.78 is 43.1. The number of benzene rings is 1. The largest absolute Gasteiger partial charge is 0.507 e. The van der Waals surface area contributed by atoms with Gasteiger partial charge in [-0.15, -0.1) is 0 Å². The predicted octanol–water partition coefficient (Wildman–Crippen LogP) is 2.96. The van der Waals surface area contributed by atoms with Crippen molar-refractivity contribution in [1.29, 1.82) is 0 Å². The zero-order valence-corrected chi connectivity index (χ0v) is 11.2. The second kappa shape index (κ2) is 6.13. The first-order valence-electron chi connectivity index (χ1n) is 6.35. The normalized spacial score (nSPS) is 11.8. The first-order chi connectivity index (χ1) is 9.91. The molecule has 2 N–H and O–H groups in total. The third-order valence-electron chi connectivity index (χ3n) is 2.73. The van der Waals surface area contributed by atoms with Crippen LogP contribution in [-0.4, -0.2) is 21.8 Å². The van der Waals surface area contributed by atoms with Crippen molar-refractivity contribution >= 4 is 0 Å². The third kappa shape index (κ3) is 3.72. The highest BCUT2D eigenvalue weighted by atomic mass is 19.4. The summed E-state index contributed by atoms with van der Waals surface area (Å²) in [6, 6.07) is 3.06. The lowest BCUT2D eigenvalue weighted by Crippen LogP contribution is -2.13. The second-order valence-electron chi connectivity index (χ2n) is 4.42. The Morgan fingerprint density at radius 3 is 2.76 bits per heavy atom. The number of nitrogens with zero attached hydrogens (tertiary/aromatic N) is 2. The summed E-state index contributed by atoms with van der Waals surface area (Å²) in [5.41, 5.74) is -0.999. The summed E-state index contributed by atoms with van der Waals surface area (Å²) in [6.45, 7) is 3.13. The van der Waals surface area contributed by atoms with E-state index in [0.29, 0.717) is 12.4 Å². The highest BCUT2D eigenvalue weighted by molar-refractivity contribution is 5.58. The molecule has 8 heteroatoms. The van der Waals surface area contributed by atoms with E-state index in [1.807, 2.05) is 6.92 Å². The van der Waals surface area contributed by atoms with Crippen LogP contribution in [0.3, 0.4) is 0 Å². The molecule has 0 radical (unpaired) electrons. The molecule has 0 aliphatic rings. The minimum Gasteiger partial charge on any atom is -0.507 e. The van der Waals surface area contributed by atoms with Crippen molar-refractivity contribution in [3.63, 3.8) is 0 Å². The molecule has 1 aromatic heterocycles. The van der Waals surface area contributed by atoms with Crippen LogP contribution in [0.15, 0.2) is 22.7 Å². The van der Waals surface area contributed by atoms with Crippen molar-refractivity contribution in [2.45, 2.75) is 26.1 Å². The topological polar surface area (TPSA) is 71.2 Å². The van der Waals surface area contributed by atoms with Crippen LogP contribution in [0, 0.1) is 0 Å². The SMILES string of the molecule is CCCNCc1nc(-c2ccc(O)c(C(F)(F)F)c2)no1. The molecule has 2 aromatic rings. The van der Waals surface area contributed by atoms with Gasteiger partial charge in [-0.2, -0.15) is 18.2 Å². The Bertz CT molecular complexity index is 611. The number of hydrogen-bond donors (Lipinski definition) is 2. The van der Waals surface area contributed by atoms with E-state index in [4.69, 9.17) is 4.52 Å². The fourth-order valence-corrected chi connectivity index (χ4v) is 1.72. The number of halogens is 3. The van der Waals surface area contributed by atoms with E-state index in [1.54, 1.807) is 0 Å². The van der Waals surface area contributed by atoms with E-state index < -0.39 is 17.5 Å². The molecule has 5 nitrogen and oxygen atoms in total. The van der Waals surface area contributed by atoms with Crippen molar-refractivity contribution in [2.75, 3.05) is 6.54 Å². The molecular formula is C13H14F3N3O2. The van der Waals surface area contributed by atoms with Crippen LogP contribution in [0.2, 0.25) is 0 Å². The maximum absolute atomic E-state index is 12.7. The Labute approximate surface area is 118 Å². The van der Waals surface area contributed by atoms with Crippen molar-refractivity contribution in [3.8, 4) is 17.1 Å². The zero-order valence-electron chi connectivity index (χ0n) is 11.2. The molecule has 0 unspecified atom stereocenters. The summed E-state index contributed by atoms with van der Waals surface area (Å²) in [5, 5.41) is 16.0. The summed E-state index contributed by atoms with van der Waals surface area (Å²) in [6.07, 6.45) is -3.71. The van der Waals surface area contributed by atoms with Gasteiger partial charge in [0.1, 0.15) is 5.75 Å². The summed E-state index contributed by atoms with van der Waals surface area (Å²) >= 11 is 0. The molecule has 0 fully saturated rings. The van der Waals surface area contributed by atoms with Crippen molar-refractivity contribution < 1.29 is 22.8 Å². The van der Waals surface area contributed by atoms with Gasteiger partial charge in [0.15, 0.2) is 0 Å². The molecule has 0 saturated heterocycles. The van der Waals surface area contributed by atoms with Crippen molar-refractivity contribution in [3.05, 3.63) is 29.7 Å². The molecule has 2 rings (SSSR count). The number of phenolic OH excluding ortho intramolecular Hbond substituents is 1. The number of rotatable bonds is 5. The number of aromatic nitrogens is 2. The Hall–Kier alpha value is -2.09. The van der Waals surface area contributed by atoms with Crippen LogP contribution in [0.5, 0.6) is 5.75 Å². The quantitative estimate of drug-likeness (QED) is 0.831. The average Bonchev–Trinajstić information content (AvgIpc) is 2.87. The van der Waals surface area contributed by atoms with Gasteiger partial charge in [0, 0.05) is 5.56 Å². The van der Waals surface area contributed by atoms with E-state index in [0.717, 1.165) is 25.1 Å². The number of hydrogen-bond acceptors (Lipinski definition) is 5. The average molecular weight is 301 g/mol. The number of alkyl halides is 3. The smallest absolute Gasteiger partial charge is 0.419 e.